The number of benzene rings is 3. The van der Waals surface area contributed by atoms with Gasteiger partial charge in [-0.3, -0.25) is 9.69 Å². The van der Waals surface area contributed by atoms with Crippen molar-refractivity contribution < 1.29 is 19.4 Å². The number of fused-ring (bicyclic) bond motifs is 1. The lowest BCUT2D eigenvalue weighted by atomic mass is 9.94. The van der Waals surface area contributed by atoms with Crippen LogP contribution in [0.2, 0.25) is 5.02 Å². The van der Waals surface area contributed by atoms with Crippen LogP contribution in [-0.2, 0) is 17.1 Å². The van der Waals surface area contributed by atoms with Gasteiger partial charge in [0.25, 0.3) is 11.6 Å². The average molecular weight is 438 g/mol. The highest BCUT2D eigenvalue weighted by atomic mass is 35.5. The van der Waals surface area contributed by atoms with Crippen LogP contribution in [0.5, 0.6) is 5.75 Å². The first-order valence-corrected chi connectivity index (χ1v) is 9.92. The minimum atomic E-state index is -2.28. The Morgan fingerprint density at radius 1 is 1.10 bits per heavy atom. The lowest BCUT2D eigenvalue weighted by Gasteiger charge is -2.42. The summed E-state index contributed by atoms with van der Waals surface area (Å²) in [6.45, 7) is 0.101. The van der Waals surface area contributed by atoms with Gasteiger partial charge in [-0.1, -0.05) is 48.0 Å². The minimum Gasteiger partial charge on any atom is -0.496 e. The lowest BCUT2D eigenvalue weighted by Crippen LogP contribution is -2.62. The number of ether oxygens (including phenoxy) is 1. The molecule has 0 spiro atoms. The zero-order chi connectivity index (χ0) is 22.0. The molecule has 1 aliphatic rings. The summed E-state index contributed by atoms with van der Waals surface area (Å²) in [5.41, 5.74) is -0.635. The van der Waals surface area contributed by atoms with E-state index in [9.17, 15) is 14.7 Å². The quantitative estimate of drug-likeness (QED) is 0.565. The van der Waals surface area contributed by atoms with Gasteiger partial charge < -0.3 is 20.5 Å². The highest BCUT2D eigenvalue weighted by Crippen LogP contribution is 2.40. The van der Waals surface area contributed by atoms with E-state index >= 15 is 0 Å². The van der Waals surface area contributed by atoms with E-state index in [1.807, 2.05) is 18.2 Å². The molecule has 0 unspecified atom stereocenters. The van der Waals surface area contributed by atoms with Crippen LogP contribution in [0.15, 0.2) is 72.8 Å². The molecule has 1 heterocycles. The molecular weight excluding hydrogens is 418 g/mol. The molecular formula is C23H20ClN3O4. The SMILES string of the molecule is COc1ccccc1CNC(=O)[C@@]1(O)c2ccccc2NC(=O)N1c1ccc(Cl)cc1. The first kappa shape index (κ1) is 20.7. The summed E-state index contributed by atoms with van der Waals surface area (Å²) in [5.74, 6) is -0.151. The van der Waals surface area contributed by atoms with E-state index in [4.69, 9.17) is 16.3 Å². The number of hydrogen-bond acceptors (Lipinski definition) is 4. The average Bonchev–Trinajstić information content (AvgIpc) is 2.78. The van der Waals surface area contributed by atoms with Gasteiger partial charge in [-0.2, -0.15) is 0 Å². The number of nitrogens with one attached hydrogen (secondary N) is 2. The van der Waals surface area contributed by atoms with Crippen LogP contribution in [0.4, 0.5) is 16.2 Å². The molecule has 7 nitrogen and oxygen atoms in total. The minimum absolute atomic E-state index is 0.101. The van der Waals surface area contributed by atoms with Crippen molar-refractivity contribution in [3.05, 3.63) is 88.9 Å². The summed E-state index contributed by atoms with van der Waals surface area (Å²) < 4.78 is 5.32. The first-order chi connectivity index (χ1) is 14.9. The van der Waals surface area contributed by atoms with E-state index in [-0.39, 0.29) is 12.1 Å². The number of para-hydroxylation sites is 2. The molecule has 0 bridgehead atoms. The van der Waals surface area contributed by atoms with Crippen LogP contribution in [0.25, 0.3) is 0 Å². The number of carbonyl (C=O) groups excluding carboxylic acids is 2. The molecule has 0 saturated carbocycles. The number of amides is 3. The normalized spacial score (nSPS) is 17.5. The summed E-state index contributed by atoms with van der Waals surface area (Å²) in [7, 11) is 1.54. The Bertz CT molecular complexity index is 1140. The van der Waals surface area contributed by atoms with Crippen LogP contribution in [-0.4, -0.2) is 24.2 Å². The van der Waals surface area contributed by atoms with Gasteiger partial charge in [0, 0.05) is 28.4 Å². The predicted molar refractivity (Wildman–Crippen MR) is 118 cm³/mol. The summed E-state index contributed by atoms with van der Waals surface area (Å²) in [5, 5.41) is 17.7. The first-order valence-electron chi connectivity index (χ1n) is 9.54. The molecule has 3 aromatic carbocycles. The second-order valence-corrected chi connectivity index (χ2v) is 7.39. The summed E-state index contributed by atoms with van der Waals surface area (Å²) in [6.07, 6.45) is 0. The fourth-order valence-electron chi connectivity index (χ4n) is 3.60. The Morgan fingerprint density at radius 3 is 2.52 bits per heavy atom. The maximum atomic E-state index is 13.4. The molecule has 31 heavy (non-hydrogen) atoms. The van der Waals surface area contributed by atoms with Crippen molar-refractivity contribution in [2.24, 2.45) is 0 Å². The van der Waals surface area contributed by atoms with Gasteiger partial charge >= 0.3 is 6.03 Å². The lowest BCUT2D eigenvalue weighted by molar-refractivity contribution is -0.140. The van der Waals surface area contributed by atoms with Gasteiger partial charge in [0.2, 0.25) is 0 Å². The molecule has 0 aromatic heterocycles. The van der Waals surface area contributed by atoms with Crippen LogP contribution < -0.4 is 20.3 Å². The molecule has 0 radical (unpaired) electrons. The maximum absolute atomic E-state index is 13.4. The highest BCUT2D eigenvalue weighted by molar-refractivity contribution is 6.30. The number of halogens is 1. The number of aliphatic hydroxyl groups is 1. The van der Waals surface area contributed by atoms with Crippen LogP contribution in [0, 0.1) is 0 Å². The highest BCUT2D eigenvalue weighted by Gasteiger charge is 2.51. The van der Waals surface area contributed by atoms with Gasteiger partial charge in [0.1, 0.15) is 5.75 Å². The summed E-state index contributed by atoms with van der Waals surface area (Å²) in [4.78, 5) is 27.4. The van der Waals surface area contributed by atoms with Crippen molar-refractivity contribution in [2.75, 3.05) is 17.3 Å². The van der Waals surface area contributed by atoms with Gasteiger partial charge in [-0.05, 0) is 36.4 Å². The molecule has 158 valence electrons. The van der Waals surface area contributed by atoms with Crippen LogP contribution in [0.1, 0.15) is 11.1 Å². The third-order valence-electron chi connectivity index (χ3n) is 5.10. The molecule has 8 heteroatoms. The zero-order valence-corrected chi connectivity index (χ0v) is 17.4. The Balaban J connectivity index is 1.75. The Morgan fingerprint density at radius 2 is 1.77 bits per heavy atom. The van der Waals surface area contributed by atoms with Gasteiger partial charge in [0.05, 0.1) is 12.8 Å². The number of nitrogens with zero attached hydrogens (tertiary/aromatic N) is 1. The topological polar surface area (TPSA) is 90.9 Å². The van der Waals surface area contributed by atoms with E-state index in [1.165, 1.54) is 7.11 Å². The molecule has 4 rings (SSSR count). The fraction of sp³-hybridized carbons (Fsp3) is 0.130. The molecule has 3 aromatic rings. The smallest absolute Gasteiger partial charge is 0.329 e. The van der Waals surface area contributed by atoms with E-state index in [2.05, 4.69) is 10.6 Å². The molecule has 1 atom stereocenters. The van der Waals surface area contributed by atoms with Crippen LogP contribution >= 0.6 is 11.6 Å². The molecule has 3 N–H and O–H groups in total. The van der Waals surface area contributed by atoms with Crippen molar-refractivity contribution >= 4 is 34.9 Å². The molecule has 3 amide bonds. The number of methoxy groups -OCH3 is 1. The van der Waals surface area contributed by atoms with Crippen molar-refractivity contribution in [1.82, 2.24) is 5.32 Å². The fourth-order valence-corrected chi connectivity index (χ4v) is 3.73. The number of urea groups is 1. The number of anilines is 2. The monoisotopic (exact) mass is 437 g/mol. The second kappa shape index (κ2) is 8.29. The Hall–Kier alpha value is -3.55. The number of rotatable bonds is 5. The standard InChI is InChI=1S/C23H20ClN3O4/c1-31-20-9-5-2-6-15(20)14-25-21(28)23(30)18-7-3-4-8-19(18)26-22(29)27(23)17-12-10-16(24)11-13-17/h2-13,30H,14H2,1H3,(H,25,28)(H,26,29)/t23-/m0/s1. The summed E-state index contributed by atoms with van der Waals surface area (Å²) >= 11 is 5.98. The third-order valence-corrected chi connectivity index (χ3v) is 5.36. The van der Waals surface area contributed by atoms with E-state index in [1.54, 1.807) is 54.6 Å². The number of hydrogen-bond donors (Lipinski definition) is 3. The maximum Gasteiger partial charge on any atom is 0.329 e. The largest absolute Gasteiger partial charge is 0.496 e. The van der Waals surface area contributed by atoms with Crippen molar-refractivity contribution in [1.29, 1.82) is 0 Å². The summed E-state index contributed by atoms with van der Waals surface area (Å²) in [6, 6.07) is 19.5. The number of carbonyl (C=O) groups is 2. The van der Waals surface area contributed by atoms with Crippen molar-refractivity contribution in [3.8, 4) is 5.75 Å². The van der Waals surface area contributed by atoms with Gasteiger partial charge in [-0.15, -0.1) is 0 Å². The molecule has 1 aliphatic heterocycles. The second-order valence-electron chi connectivity index (χ2n) is 6.95. The van der Waals surface area contributed by atoms with E-state index in [0.717, 1.165) is 10.5 Å². The third kappa shape index (κ3) is 3.69. The van der Waals surface area contributed by atoms with Crippen LogP contribution in [0.3, 0.4) is 0 Å². The van der Waals surface area contributed by atoms with E-state index in [0.29, 0.717) is 22.1 Å². The predicted octanol–water partition coefficient (Wildman–Crippen LogP) is 3.86. The van der Waals surface area contributed by atoms with Gasteiger partial charge in [0.15, 0.2) is 0 Å². The Labute approximate surface area is 184 Å². The molecule has 0 saturated heterocycles. The van der Waals surface area contributed by atoms with Gasteiger partial charge in [-0.25, -0.2) is 4.79 Å². The van der Waals surface area contributed by atoms with Crippen molar-refractivity contribution in [3.63, 3.8) is 0 Å². The Kier molecular flexibility index (Phi) is 5.54. The molecule has 0 aliphatic carbocycles. The van der Waals surface area contributed by atoms with Crippen molar-refractivity contribution in [2.45, 2.75) is 12.3 Å². The zero-order valence-electron chi connectivity index (χ0n) is 16.6. The molecule has 0 fully saturated rings. The van der Waals surface area contributed by atoms with E-state index < -0.39 is 17.7 Å².